The average Bonchev–Trinajstić information content (AvgIpc) is 3.36. The van der Waals surface area contributed by atoms with Crippen molar-refractivity contribution < 1.29 is 63.8 Å². The Bertz CT molecular complexity index is 1920. The maximum atomic E-state index is 14.0. The van der Waals surface area contributed by atoms with Gasteiger partial charge in [0.1, 0.15) is 17.6 Å². The molecule has 16 nitrogen and oxygen atoms in total. The van der Waals surface area contributed by atoms with Gasteiger partial charge in [0.05, 0.1) is 45.8 Å². The fourth-order valence-electron chi connectivity index (χ4n) is 6.88. The second-order valence-electron chi connectivity index (χ2n) is 13.8. The number of nitro benzene ring substituents is 1. The number of aliphatic hydroxyl groups is 2. The number of allylic oxidation sites excluding steroid dienone is 2. The fourth-order valence-corrected chi connectivity index (χ4v) is 6.88. The van der Waals surface area contributed by atoms with Crippen LogP contribution in [0.25, 0.3) is 10.8 Å². The summed E-state index contributed by atoms with van der Waals surface area (Å²) in [7, 11) is 1.38. The minimum atomic E-state index is -2.17. The minimum absolute atomic E-state index is 0.0165. The maximum absolute atomic E-state index is 14.0. The maximum Gasteiger partial charge on any atom is 0.338 e. The molecule has 9 unspecified atom stereocenters. The van der Waals surface area contributed by atoms with E-state index >= 15 is 0 Å². The van der Waals surface area contributed by atoms with Crippen molar-refractivity contribution in [1.82, 2.24) is 0 Å². The average molecular weight is 743 g/mol. The van der Waals surface area contributed by atoms with Gasteiger partial charge in [-0.3, -0.25) is 24.5 Å². The van der Waals surface area contributed by atoms with E-state index in [-0.39, 0.29) is 16.9 Å². The van der Waals surface area contributed by atoms with E-state index in [2.05, 4.69) is 5.32 Å². The van der Waals surface area contributed by atoms with Crippen molar-refractivity contribution >= 4 is 39.8 Å². The van der Waals surface area contributed by atoms with Crippen LogP contribution >= 0.6 is 0 Å². The molecule has 2 aromatic rings. The monoisotopic (exact) mass is 742 g/mol. The van der Waals surface area contributed by atoms with E-state index in [0.29, 0.717) is 0 Å². The summed E-state index contributed by atoms with van der Waals surface area (Å²) in [6.07, 6.45) is 2.81. The third-order valence-electron chi connectivity index (χ3n) is 10.2. The van der Waals surface area contributed by atoms with Crippen molar-refractivity contribution in [1.29, 1.82) is 0 Å². The number of ketones is 1. The molecule has 9 atom stereocenters. The summed E-state index contributed by atoms with van der Waals surface area (Å²) in [6, 6.07) is 0. The van der Waals surface area contributed by atoms with Crippen molar-refractivity contribution in [3.8, 4) is 23.0 Å². The van der Waals surface area contributed by atoms with Crippen LogP contribution in [-0.2, 0) is 23.8 Å². The molecule has 0 fully saturated rings. The second kappa shape index (κ2) is 15.4. The van der Waals surface area contributed by atoms with Crippen molar-refractivity contribution in [2.24, 2.45) is 23.7 Å². The van der Waals surface area contributed by atoms with E-state index in [1.807, 2.05) is 0 Å². The summed E-state index contributed by atoms with van der Waals surface area (Å²) in [4.78, 5) is 50.8. The Morgan fingerprint density at radius 3 is 2.19 bits per heavy atom. The molecule has 288 valence electrons. The van der Waals surface area contributed by atoms with E-state index in [1.165, 1.54) is 53.0 Å². The number of ether oxygens (including phenoxy) is 4. The highest BCUT2D eigenvalue weighted by molar-refractivity contribution is 6.23. The summed E-state index contributed by atoms with van der Waals surface area (Å²) >= 11 is 0. The number of benzene rings is 2. The Hall–Kier alpha value is -5.19. The summed E-state index contributed by atoms with van der Waals surface area (Å²) in [5.41, 5.74) is -2.54. The Balaban J connectivity index is 1.95. The molecular weight excluding hydrogens is 696 g/mol. The number of aliphatic hydroxyl groups excluding tert-OH is 2. The first-order valence-electron chi connectivity index (χ1n) is 16.9. The van der Waals surface area contributed by atoms with E-state index in [4.69, 9.17) is 18.9 Å². The smallest absolute Gasteiger partial charge is 0.338 e. The van der Waals surface area contributed by atoms with Gasteiger partial charge in [0, 0.05) is 55.8 Å². The van der Waals surface area contributed by atoms with Crippen LogP contribution in [0, 0.1) is 40.7 Å². The summed E-state index contributed by atoms with van der Waals surface area (Å²) in [5.74, 6) is -10.5. The van der Waals surface area contributed by atoms with E-state index in [1.54, 1.807) is 33.8 Å². The first kappa shape index (κ1) is 40.6. The molecule has 0 aromatic heterocycles. The van der Waals surface area contributed by atoms with Crippen LogP contribution in [0.1, 0.15) is 64.4 Å². The highest BCUT2D eigenvalue weighted by atomic mass is 16.7. The van der Waals surface area contributed by atoms with Gasteiger partial charge >= 0.3 is 17.4 Å². The Morgan fingerprint density at radius 1 is 0.962 bits per heavy atom. The highest BCUT2D eigenvalue weighted by Gasteiger charge is 2.50. The third kappa shape index (κ3) is 7.39. The normalized spacial score (nSPS) is 31.9. The standard InChI is InChI=1S/C37H46N2O14/c1-15-11-10-12-16(2)36(47)38-26-27(39(48)49)32(45)23-24(31(26)44)30(43)20(6)34-25(23)35(46)37(8,53-34)51-14-13-22(50-9)17(3)33(52-21(7)40)19(5)29(42)18(4)28(15)41/h10-15,17-19,22,28-29,33,41-45H,1-9H3,(H,38,47)/b11-10+,14-13+,16-12-. The first-order valence-corrected chi connectivity index (χ1v) is 16.9. The van der Waals surface area contributed by atoms with Crippen molar-refractivity contribution in [2.45, 2.75) is 85.6 Å². The lowest BCUT2D eigenvalue weighted by molar-refractivity contribution is -0.384. The molecule has 53 heavy (non-hydrogen) atoms. The number of fused-ring (bicyclic) bond motifs is 14. The molecule has 0 saturated carbocycles. The van der Waals surface area contributed by atoms with Gasteiger partial charge in [-0.25, -0.2) is 0 Å². The Labute approximate surface area is 305 Å². The number of rotatable bonds is 3. The van der Waals surface area contributed by atoms with Crippen LogP contribution in [-0.4, -0.2) is 85.4 Å². The number of nitrogens with one attached hydrogen (secondary N) is 1. The fraction of sp³-hybridized carbons (Fsp3) is 0.486. The summed E-state index contributed by atoms with van der Waals surface area (Å²) in [5, 5.41) is 69.9. The van der Waals surface area contributed by atoms with Crippen molar-refractivity contribution in [3.63, 3.8) is 0 Å². The number of hydrogen-bond donors (Lipinski definition) is 6. The summed E-state index contributed by atoms with van der Waals surface area (Å²) in [6.45, 7) is 11.9. The van der Waals surface area contributed by atoms with E-state index < -0.39 is 121 Å². The predicted molar refractivity (Wildman–Crippen MR) is 190 cm³/mol. The van der Waals surface area contributed by atoms with E-state index in [9.17, 15) is 50.0 Å². The molecule has 16 heteroatoms. The van der Waals surface area contributed by atoms with Gasteiger partial charge in [0.2, 0.25) is 5.75 Å². The van der Waals surface area contributed by atoms with E-state index in [0.717, 1.165) is 6.26 Å². The number of nitrogens with zero attached hydrogens (tertiary/aromatic N) is 1. The lowest BCUT2D eigenvalue weighted by Crippen LogP contribution is -2.46. The Kier molecular flexibility index (Phi) is 11.8. The molecule has 0 aliphatic carbocycles. The number of phenols is 3. The number of anilines is 1. The quantitative estimate of drug-likeness (QED) is 0.0824. The van der Waals surface area contributed by atoms with Gasteiger partial charge in [-0.15, -0.1) is 0 Å². The van der Waals surface area contributed by atoms with Crippen LogP contribution in [0.3, 0.4) is 0 Å². The van der Waals surface area contributed by atoms with Crippen molar-refractivity contribution in [2.75, 3.05) is 12.4 Å². The minimum Gasteiger partial charge on any atom is -0.507 e. The molecule has 2 aromatic carbocycles. The molecule has 0 radical (unpaired) electrons. The number of Topliss-reactive ketones (excluding diaryl/α,β-unsaturated/α-hetero) is 1. The van der Waals surface area contributed by atoms with Gasteiger partial charge < -0.3 is 49.8 Å². The van der Waals surface area contributed by atoms with Crippen LogP contribution in [0.5, 0.6) is 23.0 Å². The van der Waals surface area contributed by atoms with Gasteiger partial charge in [-0.2, -0.15) is 0 Å². The third-order valence-corrected chi connectivity index (χ3v) is 10.2. The van der Waals surface area contributed by atoms with Gasteiger partial charge in [0.15, 0.2) is 11.4 Å². The number of phenolic OH excluding ortho intramolecular Hbond substituents is 3. The van der Waals surface area contributed by atoms with Gasteiger partial charge in [-0.05, 0) is 19.9 Å². The number of carbonyl (C=O) groups is 3. The highest BCUT2D eigenvalue weighted by Crippen LogP contribution is 2.57. The number of amides is 1. The number of nitro groups is 1. The topological polar surface area (TPSA) is 244 Å². The molecule has 1 amide bonds. The Morgan fingerprint density at radius 2 is 1.60 bits per heavy atom. The number of hydrogen-bond acceptors (Lipinski definition) is 14. The number of esters is 1. The molecule has 5 bridgehead atoms. The largest absolute Gasteiger partial charge is 0.507 e. The molecule has 0 spiro atoms. The lowest BCUT2D eigenvalue weighted by Gasteiger charge is -2.38. The molecule has 3 aliphatic rings. The number of carbonyl (C=O) groups excluding carboxylic acids is 3. The van der Waals surface area contributed by atoms with Crippen LogP contribution in [0.15, 0.2) is 36.1 Å². The molecule has 6 N–H and O–H groups in total. The molecule has 3 heterocycles. The summed E-state index contributed by atoms with van der Waals surface area (Å²) < 4.78 is 23.0. The zero-order valence-electron chi connectivity index (χ0n) is 30.9. The number of aromatic hydroxyl groups is 3. The SMILES string of the molecule is COC1/C=C/OC2(C)Oc3c(C)c(O)c4c(O)c(c([N+](=O)[O-])c(O)c4c3C2=O)NC(=O)/C(C)=C\C=C\C(C)C(O)C(C)C(O)C(C)C(OC(C)=O)C1C. The van der Waals surface area contributed by atoms with Crippen LogP contribution in [0.2, 0.25) is 0 Å². The van der Waals surface area contributed by atoms with Crippen molar-refractivity contribution in [3.05, 3.63) is 57.4 Å². The molecule has 5 rings (SSSR count). The zero-order valence-corrected chi connectivity index (χ0v) is 30.9. The first-order chi connectivity index (χ1) is 24.7. The van der Waals surface area contributed by atoms with Gasteiger partial charge in [0.25, 0.3) is 11.7 Å². The molecule has 0 saturated heterocycles. The van der Waals surface area contributed by atoms with Crippen LogP contribution < -0.4 is 10.1 Å². The molecule has 3 aliphatic heterocycles. The van der Waals surface area contributed by atoms with Crippen LogP contribution in [0.4, 0.5) is 11.4 Å². The number of methoxy groups -OCH3 is 1. The second-order valence-corrected chi connectivity index (χ2v) is 13.8. The molecular formula is C37H46N2O14. The zero-order chi connectivity index (χ0) is 39.9. The van der Waals surface area contributed by atoms with Gasteiger partial charge in [-0.1, -0.05) is 45.9 Å². The predicted octanol–water partition coefficient (Wildman–Crippen LogP) is 4.66. The lowest BCUT2D eigenvalue weighted by atomic mass is 9.78.